The van der Waals surface area contributed by atoms with Gasteiger partial charge in [0, 0.05) is 12.2 Å². The fourth-order valence-corrected chi connectivity index (χ4v) is 3.55. The molecule has 1 aromatic heterocycles. The number of rotatable bonds is 11. The molecule has 0 spiro atoms. The van der Waals surface area contributed by atoms with E-state index in [9.17, 15) is 8.42 Å². The molecule has 1 aromatic carbocycles. The van der Waals surface area contributed by atoms with Crippen molar-refractivity contribution in [2.75, 3.05) is 65.4 Å². The van der Waals surface area contributed by atoms with Crippen molar-refractivity contribution < 1.29 is 8.42 Å². The minimum Gasteiger partial charge on any atom is -0.382 e. The maximum absolute atomic E-state index is 12.2. The van der Waals surface area contributed by atoms with E-state index in [0.29, 0.717) is 12.2 Å². The van der Waals surface area contributed by atoms with Crippen LogP contribution in [0.3, 0.4) is 0 Å². The minimum absolute atomic E-state index is 0.0751. The first-order valence-electron chi connectivity index (χ1n) is 10.5. The summed E-state index contributed by atoms with van der Waals surface area (Å²) < 4.78 is 27.1. The Morgan fingerprint density at radius 3 is 2.15 bits per heavy atom. The number of nitrogen functional groups attached to an aromatic ring is 1. The van der Waals surface area contributed by atoms with Crippen molar-refractivity contribution in [1.29, 1.82) is 5.26 Å². The van der Waals surface area contributed by atoms with E-state index >= 15 is 0 Å². The third-order valence-corrected chi connectivity index (χ3v) is 5.72. The molecule has 2 rings (SSSR count). The Morgan fingerprint density at radius 2 is 1.67 bits per heavy atom. The SMILES string of the molecule is CN(C)CCCN.CN(C)CCCNS(=O)(=O)c1ccc(Nc2ncc(C#N)c(N)n2)cc1. The van der Waals surface area contributed by atoms with Gasteiger partial charge in [-0.25, -0.2) is 18.1 Å². The van der Waals surface area contributed by atoms with Crippen LogP contribution in [0.25, 0.3) is 0 Å². The number of anilines is 3. The Hall–Kier alpha value is -2.82. The van der Waals surface area contributed by atoms with Crippen LogP contribution >= 0.6 is 0 Å². The van der Waals surface area contributed by atoms with E-state index in [1.807, 2.05) is 25.1 Å². The lowest BCUT2D eigenvalue weighted by atomic mass is 10.3. The topological polar surface area (TPSA) is 166 Å². The van der Waals surface area contributed by atoms with Crippen LogP contribution in [-0.2, 0) is 10.0 Å². The van der Waals surface area contributed by atoms with Gasteiger partial charge in [-0.2, -0.15) is 10.2 Å². The van der Waals surface area contributed by atoms with Gasteiger partial charge in [-0.3, -0.25) is 0 Å². The highest BCUT2D eigenvalue weighted by Crippen LogP contribution is 2.18. The Bertz CT molecular complexity index is 988. The number of nitrogens with zero attached hydrogens (tertiary/aromatic N) is 5. The van der Waals surface area contributed by atoms with Crippen LogP contribution in [0.15, 0.2) is 35.4 Å². The van der Waals surface area contributed by atoms with Gasteiger partial charge in [-0.1, -0.05) is 0 Å². The molecule has 0 amide bonds. The molecular formula is C21H35N9O2S. The van der Waals surface area contributed by atoms with E-state index in [0.717, 1.165) is 32.5 Å². The molecule has 0 radical (unpaired) electrons. The molecule has 0 bridgehead atoms. The quantitative estimate of drug-likeness (QED) is 0.340. The molecule has 0 unspecified atom stereocenters. The molecule has 6 N–H and O–H groups in total. The molecule has 0 aliphatic carbocycles. The molecule has 0 saturated carbocycles. The molecule has 2 aromatic rings. The van der Waals surface area contributed by atoms with Crippen LogP contribution in [0.5, 0.6) is 0 Å². The zero-order chi connectivity index (χ0) is 24.9. The van der Waals surface area contributed by atoms with E-state index in [-0.39, 0.29) is 22.2 Å². The van der Waals surface area contributed by atoms with E-state index in [1.54, 1.807) is 12.1 Å². The first kappa shape index (κ1) is 28.2. The van der Waals surface area contributed by atoms with Crippen LogP contribution in [-0.4, -0.2) is 82.6 Å². The fraction of sp³-hybridized carbons (Fsp3) is 0.476. The Kier molecular flexibility index (Phi) is 12.3. The largest absolute Gasteiger partial charge is 0.382 e. The number of aromatic nitrogens is 2. The van der Waals surface area contributed by atoms with E-state index < -0.39 is 10.0 Å². The molecule has 0 atom stereocenters. The lowest BCUT2D eigenvalue weighted by molar-refractivity contribution is 0.400. The van der Waals surface area contributed by atoms with Gasteiger partial charge in [-0.05, 0) is 84.9 Å². The highest BCUT2D eigenvalue weighted by Gasteiger charge is 2.13. The van der Waals surface area contributed by atoms with Crippen molar-refractivity contribution in [3.63, 3.8) is 0 Å². The van der Waals surface area contributed by atoms with Crippen molar-refractivity contribution in [3.8, 4) is 6.07 Å². The average molecular weight is 478 g/mol. The van der Waals surface area contributed by atoms with Crippen molar-refractivity contribution in [2.45, 2.75) is 17.7 Å². The Balaban J connectivity index is 0.000000675. The molecule has 1 heterocycles. The van der Waals surface area contributed by atoms with Crippen LogP contribution in [0.4, 0.5) is 17.5 Å². The highest BCUT2D eigenvalue weighted by atomic mass is 32.2. The van der Waals surface area contributed by atoms with Crippen LogP contribution < -0.4 is 21.5 Å². The summed E-state index contributed by atoms with van der Waals surface area (Å²) in [6, 6.07) is 8.07. The third kappa shape index (κ3) is 11.0. The molecule has 182 valence electrons. The van der Waals surface area contributed by atoms with Gasteiger partial charge < -0.3 is 26.6 Å². The summed E-state index contributed by atoms with van der Waals surface area (Å²) in [6.45, 7) is 3.09. The van der Waals surface area contributed by atoms with Crippen molar-refractivity contribution in [3.05, 3.63) is 36.0 Å². The van der Waals surface area contributed by atoms with Crippen LogP contribution in [0.2, 0.25) is 0 Å². The molecule has 0 saturated heterocycles. The van der Waals surface area contributed by atoms with Crippen LogP contribution in [0.1, 0.15) is 18.4 Å². The zero-order valence-corrected chi connectivity index (χ0v) is 20.6. The molecule has 33 heavy (non-hydrogen) atoms. The Labute approximate surface area is 196 Å². The van der Waals surface area contributed by atoms with Gasteiger partial charge in [0.2, 0.25) is 16.0 Å². The molecule has 12 heteroatoms. The summed E-state index contributed by atoms with van der Waals surface area (Å²) in [4.78, 5) is 12.3. The predicted octanol–water partition coefficient (Wildman–Crippen LogP) is 0.801. The van der Waals surface area contributed by atoms with Crippen molar-refractivity contribution in [1.82, 2.24) is 24.5 Å². The van der Waals surface area contributed by atoms with Crippen LogP contribution in [0, 0.1) is 11.3 Å². The lowest BCUT2D eigenvalue weighted by Gasteiger charge is -2.11. The number of nitrogens with one attached hydrogen (secondary N) is 2. The summed E-state index contributed by atoms with van der Waals surface area (Å²) in [5.74, 6) is 0.296. The first-order chi connectivity index (χ1) is 15.6. The van der Waals surface area contributed by atoms with Gasteiger partial charge in [0.05, 0.1) is 11.1 Å². The number of hydrogen-bond acceptors (Lipinski definition) is 10. The number of nitriles is 1. The van der Waals surface area contributed by atoms with Gasteiger partial charge in [-0.15, -0.1) is 0 Å². The predicted molar refractivity (Wildman–Crippen MR) is 131 cm³/mol. The van der Waals surface area contributed by atoms with E-state index in [4.69, 9.17) is 16.7 Å². The summed E-state index contributed by atoms with van der Waals surface area (Å²) in [5, 5.41) is 11.7. The van der Waals surface area contributed by atoms with Gasteiger partial charge >= 0.3 is 0 Å². The van der Waals surface area contributed by atoms with Crippen molar-refractivity contribution in [2.24, 2.45) is 5.73 Å². The second kappa shape index (κ2) is 14.4. The van der Waals surface area contributed by atoms with Gasteiger partial charge in [0.1, 0.15) is 17.5 Å². The second-order valence-electron chi connectivity index (χ2n) is 7.75. The van der Waals surface area contributed by atoms with Crippen molar-refractivity contribution >= 4 is 27.5 Å². The lowest BCUT2D eigenvalue weighted by Crippen LogP contribution is -2.27. The molecule has 0 fully saturated rings. The maximum atomic E-state index is 12.2. The van der Waals surface area contributed by atoms with E-state index in [1.165, 1.54) is 18.3 Å². The highest BCUT2D eigenvalue weighted by molar-refractivity contribution is 7.89. The summed E-state index contributed by atoms with van der Waals surface area (Å²) in [5.41, 5.74) is 11.7. The van der Waals surface area contributed by atoms with Gasteiger partial charge in [0.25, 0.3) is 0 Å². The molecular weight excluding hydrogens is 442 g/mol. The van der Waals surface area contributed by atoms with Gasteiger partial charge in [0.15, 0.2) is 0 Å². The molecule has 0 aliphatic rings. The molecule has 11 nitrogen and oxygen atoms in total. The zero-order valence-electron chi connectivity index (χ0n) is 19.7. The third-order valence-electron chi connectivity index (χ3n) is 4.24. The number of sulfonamides is 1. The summed E-state index contributed by atoms with van der Waals surface area (Å²) in [7, 11) is 4.43. The Morgan fingerprint density at radius 1 is 1.06 bits per heavy atom. The standard InChI is InChI=1S/C16H21N7O2S.C5H14N2/c1-23(2)9-3-8-20-26(24,25)14-6-4-13(5-7-14)21-16-19-11-12(10-17)15(18)22-16;1-7(2)5-3-4-6/h4-7,11,20H,3,8-9H2,1-2H3,(H3,18,19,21,22);3-6H2,1-2H3. The first-order valence-corrected chi connectivity index (χ1v) is 12.0. The maximum Gasteiger partial charge on any atom is 0.240 e. The summed E-state index contributed by atoms with van der Waals surface area (Å²) >= 11 is 0. The smallest absolute Gasteiger partial charge is 0.240 e. The number of hydrogen-bond donors (Lipinski definition) is 4. The number of benzene rings is 1. The number of nitrogens with two attached hydrogens (primary N) is 2. The minimum atomic E-state index is -3.55. The molecule has 0 aliphatic heterocycles. The normalized spacial score (nSPS) is 11.1. The second-order valence-corrected chi connectivity index (χ2v) is 9.52. The fourth-order valence-electron chi connectivity index (χ4n) is 2.48. The monoisotopic (exact) mass is 477 g/mol. The van der Waals surface area contributed by atoms with E-state index in [2.05, 4.69) is 39.0 Å². The summed E-state index contributed by atoms with van der Waals surface area (Å²) in [6.07, 6.45) is 3.15. The average Bonchev–Trinajstić information content (AvgIpc) is 2.76.